The lowest BCUT2D eigenvalue weighted by Crippen LogP contribution is -2.19. The van der Waals surface area contributed by atoms with Crippen LogP contribution in [-0.2, 0) is 0 Å². The molecule has 4 nitrogen and oxygen atoms in total. The molecule has 112 valence electrons. The first-order chi connectivity index (χ1) is 10.1. The van der Waals surface area contributed by atoms with Crippen molar-refractivity contribution < 1.29 is 0 Å². The quantitative estimate of drug-likeness (QED) is 0.865. The molecule has 0 spiro atoms. The molecule has 21 heavy (non-hydrogen) atoms. The van der Waals surface area contributed by atoms with Gasteiger partial charge in [0.2, 0.25) is 0 Å². The normalized spacial score (nSPS) is 12.0. The van der Waals surface area contributed by atoms with Crippen LogP contribution < -0.4 is 10.2 Å². The second-order valence-electron chi connectivity index (χ2n) is 5.30. The number of nitrogens with one attached hydrogen (secondary N) is 1. The van der Waals surface area contributed by atoms with Crippen molar-refractivity contribution in [3.8, 4) is 0 Å². The molecule has 0 saturated heterocycles. The molecule has 0 aliphatic carbocycles. The second kappa shape index (κ2) is 7.07. The van der Waals surface area contributed by atoms with Gasteiger partial charge in [0, 0.05) is 24.3 Å². The van der Waals surface area contributed by atoms with Gasteiger partial charge in [-0.25, -0.2) is 9.97 Å². The van der Waals surface area contributed by atoms with E-state index >= 15 is 0 Å². The van der Waals surface area contributed by atoms with Gasteiger partial charge in [-0.2, -0.15) is 0 Å². The number of nitrogens with zero attached hydrogens (tertiary/aromatic N) is 3. The third kappa shape index (κ3) is 3.94. The summed E-state index contributed by atoms with van der Waals surface area (Å²) in [7, 11) is 0. The van der Waals surface area contributed by atoms with Gasteiger partial charge in [-0.3, -0.25) is 0 Å². The van der Waals surface area contributed by atoms with Crippen LogP contribution in [0.15, 0.2) is 36.7 Å². The summed E-state index contributed by atoms with van der Waals surface area (Å²) in [6.45, 7) is 9.41. The molecule has 0 aliphatic heterocycles. The molecular weight excluding hydrogens is 260 g/mol. The van der Waals surface area contributed by atoms with Crippen molar-refractivity contribution in [1.29, 1.82) is 0 Å². The minimum atomic E-state index is 0.404. The van der Waals surface area contributed by atoms with Gasteiger partial charge < -0.3 is 10.2 Å². The van der Waals surface area contributed by atoms with Gasteiger partial charge in [-0.05, 0) is 44.9 Å². The van der Waals surface area contributed by atoms with Crippen molar-refractivity contribution in [3.63, 3.8) is 0 Å². The number of benzene rings is 1. The number of hydrogen-bond donors (Lipinski definition) is 1. The average molecular weight is 284 g/mol. The fourth-order valence-corrected chi connectivity index (χ4v) is 2.20. The molecule has 0 fully saturated rings. The third-order valence-electron chi connectivity index (χ3n) is 3.57. The maximum atomic E-state index is 4.42. The molecule has 1 aromatic carbocycles. The molecule has 0 radical (unpaired) electrons. The Morgan fingerprint density at radius 1 is 1.19 bits per heavy atom. The van der Waals surface area contributed by atoms with Crippen LogP contribution in [0.1, 0.15) is 32.8 Å². The fourth-order valence-electron chi connectivity index (χ4n) is 2.20. The van der Waals surface area contributed by atoms with E-state index in [9.17, 15) is 0 Å². The van der Waals surface area contributed by atoms with Crippen LogP contribution in [0.3, 0.4) is 0 Å². The summed E-state index contributed by atoms with van der Waals surface area (Å²) in [5, 5.41) is 3.40. The summed E-state index contributed by atoms with van der Waals surface area (Å²) >= 11 is 0. The van der Waals surface area contributed by atoms with Gasteiger partial charge >= 0.3 is 0 Å². The number of aromatic nitrogens is 2. The molecule has 1 heterocycles. The van der Waals surface area contributed by atoms with E-state index in [0.29, 0.717) is 6.04 Å². The molecule has 1 atom stereocenters. The van der Waals surface area contributed by atoms with E-state index in [2.05, 4.69) is 72.1 Å². The topological polar surface area (TPSA) is 41.0 Å². The summed E-state index contributed by atoms with van der Waals surface area (Å²) in [6, 6.07) is 10.9. The molecule has 0 aliphatic rings. The number of anilines is 3. The highest BCUT2D eigenvalue weighted by Crippen LogP contribution is 2.25. The zero-order chi connectivity index (χ0) is 15.2. The zero-order valence-corrected chi connectivity index (χ0v) is 13.3. The molecule has 0 saturated carbocycles. The summed E-state index contributed by atoms with van der Waals surface area (Å²) < 4.78 is 0. The van der Waals surface area contributed by atoms with Crippen LogP contribution in [0.5, 0.6) is 0 Å². The standard InChI is InChI=1S/C17H24N4/c1-5-14(4)20-16-11-17(19-12-18-16)21(6-2)15-9-7-8-13(3)10-15/h7-12,14H,5-6H2,1-4H3,(H,18,19,20). The molecule has 0 bridgehead atoms. The van der Waals surface area contributed by atoms with Crippen molar-refractivity contribution in [2.75, 3.05) is 16.8 Å². The molecule has 2 aromatic rings. The summed E-state index contributed by atoms with van der Waals surface area (Å²) in [5.41, 5.74) is 2.41. The first-order valence-electron chi connectivity index (χ1n) is 7.56. The van der Waals surface area contributed by atoms with Crippen molar-refractivity contribution >= 4 is 17.3 Å². The van der Waals surface area contributed by atoms with Crippen LogP contribution in [0.4, 0.5) is 17.3 Å². The third-order valence-corrected chi connectivity index (χ3v) is 3.57. The van der Waals surface area contributed by atoms with E-state index in [0.717, 1.165) is 30.3 Å². The molecular formula is C17H24N4. The predicted molar refractivity (Wildman–Crippen MR) is 89.3 cm³/mol. The Hall–Kier alpha value is -2.10. The monoisotopic (exact) mass is 284 g/mol. The van der Waals surface area contributed by atoms with Crippen molar-refractivity contribution in [2.45, 2.75) is 40.2 Å². The Morgan fingerprint density at radius 3 is 2.67 bits per heavy atom. The van der Waals surface area contributed by atoms with E-state index in [1.165, 1.54) is 5.56 Å². The Bertz CT molecular complexity index is 583. The smallest absolute Gasteiger partial charge is 0.138 e. The Morgan fingerprint density at radius 2 is 2.00 bits per heavy atom. The Kier molecular flexibility index (Phi) is 5.14. The summed E-state index contributed by atoms with van der Waals surface area (Å²) in [6.07, 6.45) is 2.69. The lowest BCUT2D eigenvalue weighted by Gasteiger charge is -2.23. The molecule has 1 aromatic heterocycles. The predicted octanol–water partition coefficient (Wildman–Crippen LogP) is 4.15. The Labute approximate surface area is 127 Å². The maximum absolute atomic E-state index is 4.42. The molecule has 2 rings (SSSR count). The number of rotatable bonds is 6. The van der Waals surface area contributed by atoms with Crippen LogP contribution in [0, 0.1) is 6.92 Å². The SMILES string of the molecule is CCC(C)Nc1cc(N(CC)c2cccc(C)c2)ncn1. The highest BCUT2D eigenvalue weighted by molar-refractivity contribution is 5.62. The fraction of sp³-hybridized carbons (Fsp3) is 0.412. The van der Waals surface area contributed by atoms with Crippen molar-refractivity contribution in [1.82, 2.24) is 9.97 Å². The maximum Gasteiger partial charge on any atom is 0.138 e. The second-order valence-corrected chi connectivity index (χ2v) is 5.30. The number of hydrogen-bond acceptors (Lipinski definition) is 4. The zero-order valence-electron chi connectivity index (χ0n) is 13.3. The minimum absolute atomic E-state index is 0.404. The van der Waals surface area contributed by atoms with Gasteiger partial charge in [-0.1, -0.05) is 19.1 Å². The van der Waals surface area contributed by atoms with Crippen molar-refractivity contribution in [2.24, 2.45) is 0 Å². The average Bonchev–Trinajstić information content (AvgIpc) is 2.48. The van der Waals surface area contributed by atoms with E-state index in [1.807, 2.05) is 6.07 Å². The highest BCUT2D eigenvalue weighted by Gasteiger charge is 2.10. The van der Waals surface area contributed by atoms with E-state index in [1.54, 1.807) is 6.33 Å². The highest BCUT2D eigenvalue weighted by atomic mass is 15.2. The summed E-state index contributed by atoms with van der Waals surface area (Å²) in [4.78, 5) is 10.9. The van der Waals surface area contributed by atoms with Gasteiger partial charge in [0.05, 0.1) is 0 Å². The first-order valence-corrected chi connectivity index (χ1v) is 7.56. The molecule has 1 unspecified atom stereocenters. The van der Waals surface area contributed by atoms with Gasteiger partial charge in [0.25, 0.3) is 0 Å². The van der Waals surface area contributed by atoms with E-state index in [4.69, 9.17) is 0 Å². The van der Waals surface area contributed by atoms with Crippen molar-refractivity contribution in [3.05, 3.63) is 42.2 Å². The summed E-state index contributed by atoms with van der Waals surface area (Å²) in [5.74, 6) is 1.80. The Balaban J connectivity index is 2.28. The number of aryl methyl sites for hydroxylation is 1. The lowest BCUT2D eigenvalue weighted by molar-refractivity contribution is 0.758. The molecule has 1 N–H and O–H groups in total. The van der Waals surface area contributed by atoms with Crippen LogP contribution in [0.25, 0.3) is 0 Å². The molecule has 4 heteroatoms. The van der Waals surface area contributed by atoms with Gasteiger partial charge in [0.1, 0.15) is 18.0 Å². The molecule has 0 amide bonds. The van der Waals surface area contributed by atoms with Gasteiger partial charge in [0.15, 0.2) is 0 Å². The van der Waals surface area contributed by atoms with Gasteiger partial charge in [-0.15, -0.1) is 0 Å². The first kappa shape index (κ1) is 15.3. The van der Waals surface area contributed by atoms with Crippen LogP contribution >= 0.6 is 0 Å². The van der Waals surface area contributed by atoms with E-state index < -0.39 is 0 Å². The van der Waals surface area contributed by atoms with Crippen LogP contribution in [0.2, 0.25) is 0 Å². The van der Waals surface area contributed by atoms with E-state index in [-0.39, 0.29) is 0 Å². The lowest BCUT2D eigenvalue weighted by atomic mass is 10.2. The van der Waals surface area contributed by atoms with Crippen LogP contribution in [-0.4, -0.2) is 22.6 Å². The largest absolute Gasteiger partial charge is 0.367 e. The minimum Gasteiger partial charge on any atom is -0.367 e.